The maximum Gasteiger partial charge on any atom is 0.291 e. The number of carbonyl (C=O) groups is 1. The molecule has 0 bridgehead atoms. The number of benzene rings is 1. The highest BCUT2D eigenvalue weighted by Crippen LogP contribution is 2.25. The van der Waals surface area contributed by atoms with Crippen LogP contribution in [0, 0.1) is 5.41 Å². The lowest BCUT2D eigenvalue weighted by molar-refractivity contribution is -0.123. The summed E-state index contributed by atoms with van der Waals surface area (Å²) >= 11 is 0.777. The van der Waals surface area contributed by atoms with E-state index in [1.165, 1.54) is 0 Å². The summed E-state index contributed by atoms with van der Waals surface area (Å²) in [4.78, 5) is 11.9. The van der Waals surface area contributed by atoms with E-state index in [4.69, 9.17) is 4.74 Å². The van der Waals surface area contributed by atoms with Crippen LogP contribution in [0.15, 0.2) is 41.3 Å². The summed E-state index contributed by atoms with van der Waals surface area (Å²) < 4.78 is 32.3. The second-order valence-corrected chi connectivity index (χ2v) is 9.14. The molecule has 0 aliphatic rings. The molecule has 1 heterocycles. The lowest BCUT2D eigenvalue weighted by Gasteiger charge is -2.15. The van der Waals surface area contributed by atoms with Crippen molar-refractivity contribution in [2.75, 3.05) is 16.6 Å². The maximum atomic E-state index is 12.4. The minimum atomic E-state index is -3.91. The van der Waals surface area contributed by atoms with E-state index < -0.39 is 15.4 Å². The van der Waals surface area contributed by atoms with Crippen LogP contribution in [-0.2, 0) is 14.8 Å². The smallest absolute Gasteiger partial charge is 0.291 e. The van der Waals surface area contributed by atoms with Crippen LogP contribution in [-0.4, -0.2) is 31.1 Å². The van der Waals surface area contributed by atoms with E-state index in [0.717, 1.165) is 11.3 Å². The first-order valence-corrected chi connectivity index (χ1v) is 9.93. The molecule has 1 aromatic heterocycles. The van der Waals surface area contributed by atoms with Crippen LogP contribution in [0.3, 0.4) is 0 Å². The van der Waals surface area contributed by atoms with Gasteiger partial charge in [-0.2, -0.15) is 8.42 Å². The molecule has 140 valence electrons. The molecule has 2 aromatic rings. The van der Waals surface area contributed by atoms with Gasteiger partial charge in [-0.05, 0) is 24.3 Å². The molecule has 10 heteroatoms. The monoisotopic (exact) mass is 396 g/mol. The molecule has 0 aliphatic heterocycles. The van der Waals surface area contributed by atoms with Gasteiger partial charge in [-0.15, -0.1) is 10.2 Å². The minimum absolute atomic E-state index is 0.124. The SMILES string of the molecule is C=CCOc1ccc(NS(=O)(=O)c2nnc(NC(=O)C(C)(C)C)s2)cc1. The van der Waals surface area contributed by atoms with Crippen molar-refractivity contribution >= 4 is 38.1 Å². The summed E-state index contributed by atoms with van der Waals surface area (Å²) in [6, 6.07) is 6.41. The molecule has 1 amide bonds. The molecule has 2 rings (SSSR count). The van der Waals surface area contributed by atoms with Crippen molar-refractivity contribution in [3.05, 3.63) is 36.9 Å². The van der Waals surface area contributed by atoms with Gasteiger partial charge < -0.3 is 10.1 Å². The summed E-state index contributed by atoms with van der Waals surface area (Å²) in [6.07, 6.45) is 1.61. The Morgan fingerprint density at radius 1 is 1.27 bits per heavy atom. The van der Waals surface area contributed by atoms with Crippen molar-refractivity contribution in [1.82, 2.24) is 10.2 Å². The van der Waals surface area contributed by atoms with Gasteiger partial charge in [0.15, 0.2) is 0 Å². The number of nitrogens with zero attached hydrogens (tertiary/aromatic N) is 2. The number of rotatable bonds is 7. The molecule has 0 radical (unpaired) electrons. The summed E-state index contributed by atoms with van der Waals surface area (Å²) in [7, 11) is -3.91. The summed E-state index contributed by atoms with van der Waals surface area (Å²) in [5.74, 6) is 0.316. The van der Waals surface area contributed by atoms with Crippen molar-refractivity contribution < 1.29 is 17.9 Å². The van der Waals surface area contributed by atoms with E-state index >= 15 is 0 Å². The lowest BCUT2D eigenvalue weighted by atomic mass is 9.96. The summed E-state index contributed by atoms with van der Waals surface area (Å²) in [5.41, 5.74) is -0.273. The second kappa shape index (κ2) is 7.83. The number of carbonyl (C=O) groups excluding carboxylic acids is 1. The fourth-order valence-corrected chi connectivity index (χ4v) is 3.58. The van der Waals surface area contributed by atoms with Crippen molar-refractivity contribution in [2.45, 2.75) is 25.1 Å². The number of amides is 1. The third-order valence-corrected chi connectivity index (χ3v) is 5.60. The van der Waals surface area contributed by atoms with Crippen LogP contribution in [0.5, 0.6) is 5.75 Å². The van der Waals surface area contributed by atoms with Crippen LogP contribution >= 0.6 is 11.3 Å². The van der Waals surface area contributed by atoms with Crippen molar-refractivity contribution in [2.24, 2.45) is 5.41 Å². The van der Waals surface area contributed by atoms with Gasteiger partial charge in [0.05, 0.1) is 0 Å². The Labute approximate surface area is 156 Å². The predicted molar refractivity (Wildman–Crippen MR) is 101 cm³/mol. The molecule has 0 fully saturated rings. The highest BCUT2D eigenvalue weighted by atomic mass is 32.2. The molecule has 2 N–H and O–H groups in total. The number of hydrogen-bond acceptors (Lipinski definition) is 7. The van der Waals surface area contributed by atoms with E-state index in [0.29, 0.717) is 18.0 Å². The highest BCUT2D eigenvalue weighted by molar-refractivity contribution is 7.94. The molecule has 8 nitrogen and oxygen atoms in total. The topological polar surface area (TPSA) is 110 Å². The van der Waals surface area contributed by atoms with Gasteiger partial charge in [-0.25, -0.2) is 0 Å². The van der Waals surface area contributed by atoms with Crippen molar-refractivity contribution in [1.29, 1.82) is 0 Å². The van der Waals surface area contributed by atoms with Gasteiger partial charge in [-0.3, -0.25) is 9.52 Å². The number of sulfonamides is 1. The maximum absolute atomic E-state index is 12.4. The van der Waals surface area contributed by atoms with Crippen LogP contribution in [0.25, 0.3) is 0 Å². The zero-order chi connectivity index (χ0) is 19.4. The Kier molecular flexibility index (Phi) is 5.98. The van der Waals surface area contributed by atoms with Crippen molar-refractivity contribution in [3.8, 4) is 5.75 Å². The quantitative estimate of drug-likeness (QED) is 0.550. The Morgan fingerprint density at radius 3 is 2.50 bits per heavy atom. The van der Waals surface area contributed by atoms with E-state index in [1.807, 2.05) is 0 Å². The summed E-state index contributed by atoms with van der Waals surface area (Å²) in [5, 5.41) is 10.0. The zero-order valence-electron chi connectivity index (χ0n) is 14.6. The fraction of sp³-hybridized carbons (Fsp3) is 0.312. The van der Waals surface area contributed by atoms with Gasteiger partial charge >= 0.3 is 0 Å². The fourth-order valence-electron chi connectivity index (χ4n) is 1.63. The van der Waals surface area contributed by atoms with E-state index in [2.05, 4.69) is 26.8 Å². The second-order valence-electron chi connectivity index (χ2n) is 6.31. The predicted octanol–water partition coefficient (Wildman–Crippen LogP) is 2.89. The molecule has 0 unspecified atom stereocenters. The summed E-state index contributed by atoms with van der Waals surface area (Å²) in [6.45, 7) is 9.14. The standard InChI is InChI=1S/C16H20N4O4S2/c1-5-10-24-12-8-6-11(7-9-12)20-26(22,23)15-19-18-14(25-15)17-13(21)16(2,3)4/h5-9,20H,1,10H2,2-4H3,(H,17,18,21). The number of anilines is 2. The van der Waals surface area contributed by atoms with E-state index in [9.17, 15) is 13.2 Å². The minimum Gasteiger partial charge on any atom is -0.490 e. The molecule has 26 heavy (non-hydrogen) atoms. The first-order valence-electron chi connectivity index (χ1n) is 7.63. The van der Waals surface area contributed by atoms with E-state index in [-0.39, 0.29) is 15.4 Å². The number of hydrogen-bond donors (Lipinski definition) is 2. The molecule has 1 aromatic carbocycles. The van der Waals surface area contributed by atoms with Crippen LogP contribution in [0.1, 0.15) is 20.8 Å². The average molecular weight is 396 g/mol. The number of aromatic nitrogens is 2. The normalized spacial score (nSPS) is 11.7. The van der Waals surface area contributed by atoms with E-state index in [1.54, 1.807) is 51.1 Å². The molecule has 0 atom stereocenters. The molecule has 0 spiro atoms. The zero-order valence-corrected chi connectivity index (χ0v) is 16.3. The van der Waals surface area contributed by atoms with Gasteiger partial charge in [0.25, 0.3) is 14.4 Å². The Bertz CT molecular complexity index is 884. The molecule has 0 saturated carbocycles. The molecular formula is C16H20N4O4S2. The molecule has 0 saturated heterocycles. The first kappa shape index (κ1) is 19.9. The van der Waals surface area contributed by atoms with Gasteiger partial charge in [0.2, 0.25) is 11.0 Å². The van der Waals surface area contributed by atoms with Gasteiger partial charge in [0.1, 0.15) is 12.4 Å². The van der Waals surface area contributed by atoms with Gasteiger partial charge in [-0.1, -0.05) is 44.8 Å². The molecular weight excluding hydrogens is 376 g/mol. The Balaban J connectivity index is 2.08. The third-order valence-electron chi connectivity index (χ3n) is 3.01. The Morgan fingerprint density at radius 2 is 1.92 bits per heavy atom. The van der Waals surface area contributed by atoms with Crippen LogP contribution in [0.2, 0.25) is 0 Å². The Hall–Kier alpha value is -2.46. The number of nitrogens with one attached hydrogen (secondary N) is 2. The average Bonchev–Trinajstić information content (AvgIpc) is 3.02. The third kappa shape index (κ3) is 5.27. The lowest BCUT2D eigenvalue weighted by Crippen LogP contribution is -2.27. The largest absolute Gasteiger partial charge is 0.490 e. The van der Waals surface area contributed by atoms with Crippen molar-refractivity contribution in [3.63, 3.8) is 0 Å². The number of ether oxygens (including phenoxy) is 1. The molecule has 0 aliphatic carbocycles. The van der Waals surface area contributed by atoms with Crippen LogP contribution < -0.4 is 14.8 Å². The highest BCUT2D eigenvalue weighted by Gasteiger charge is 2.25. The first-order chi connectivity index (χ1) is 12.1. The van der Waals surface area contributed by atoms with Gasteiger partial charge in [0, 0.05) is 11.1 Å². The van der Waals surface area contributed by atoms with Crippen LogP contribution in [0.4, 0.5) is 10.8 Å².